The largest absolute Gasteiger partial charge is 0.371 e. The molecular formula is C17H26N2. The highest BCUT2D eigenvalue weighted by atomic mass is 15.1. The van der Waals surface area contributed by atoms with E-state index in [0.29, 0.717) is 0 Å². The Kier molecular flexibility index (Phi) is 4.07. The Balaban J connectivity index is 1.57. The summed E-state index contributed by atoms with van der Waals surface area (Å²) in [7, 11) is 0. The van der Waals surface area contributed by atoms with Crippen LogP contribution in [0.5, 0.6) is 0 Å². The Labute approximate surface area is 117 Å². The van der Waals surface area contributed by atoms with E-state index >= 15 is 0 Å². The highest BCUT2D eigenvalue weighted by Crippen LogP contribution is 2.31. The van der Waals surface area contributed by atoms with Gasteiger partial charge in [0.15, 0.2) is 0 Å². The maximum Gasteiger partial charge on any atom is 0.0366 e. The highest BCUT2D eigenvalue weighted by molar-refractivity contribution is 5.47. The summed E-state index contributed by atoms with van der Waals surface area (Å²) in [5.41, 5.74) is 2.82. The van der Waals surface area contributed by atoms with Crippen molar-refractivity contribution in [3.05, 3.63) is 29.8 Å². The van der Waals surface area contributed by atoms with Gasteiger partial charge >= 0.3 is 0 Å². The smallest absolute Gasteiger partial charge is 0.0366 e. The Morgan fingerprint density at radius 1 is 1.11 bits per heavy atom. The van der Waals surface area contributed by atoms with Gasteiger partial charge in [0.1, 0.15) is 0 Å². The zero-order valence-electron chi connectivity index (χ0n) is 12.1. The molecular weight excluding hydrogens is 232 g/mol. The fourth-order valence-electron chi connectivity index (χ4n) is 2.58. The monoisotopic (exact) mass is 258 g/mol. The molecule has 0 aliphatic heterocycles. The Morgan fingerprint density at radius 2 is 1.84 bits per heavy atom. The standard InChI is InChI=1S/C17H26N2/c1-2-11-19(13-15-3-4-15)17-9-5-14(6-10-17)12-18-16-7-8-16/h5-6,9-10,15-16,18H,2-4,7-8,11-13H2,1H3. The van der Waals surface area contributed by atoms with Gasteiger partial charge in [-0.3, -0.25) is 0 Å². The van der Waals surface area contributed by atoms with Crippen LogP contribution in [0, 0.1) is 5.92 Å². The van der Waals surface area contributed by atoms with Crippen LogP contribution in [0.25, 0.3) is 0 Å². The molecule has 0 amide bonds. The van der Waals surface area contributed by atoms with E-state index in [0.717, 1.165) is 18.5 Å². The first kappa shape index (κ1) is 13.0. The van der Waals surface area contributed by atoms with E-state index in [4.69, 9.17) is 0 Å². The summed E-state index contributed by atoms with van der Waals surface area (Å²) in [6.07, 6.45) is 6.83. The lowest BCUT2D eigenvalue weighted by atomic mass is 10.1. The predicted molar refractivity (Wildman–Crippen MR) is 81.5 cm³/mol. The van der Waals surface area contributed by atoms with Crippen LogP contribution in [-0.2, 0) is 6.54 Å². The van der Waals surface area contributed by atoms with Crippen LogP contribution in [-0.4, -0.2) is 19.1 Å². The molecule has 0 heterocycles. The lowest BCUT2D eigenvalue weighted by molar-refractivity contribution is 0.686. The Hall–Kier alpha value is -1.02. The Morgan fingerprint density at radius 3 is 2.42 bits per heavy atom. The van der Waals surface area contributed by atoms with Crippen molar-refractivity contribution in [3.8, 4) is 0 Å². The van der Waals surface area contributed by atoms with Crippen LogP contribution in [0.3, 0.4) is 0 Å². The second-order valence-corrected chi connectivity index (χ2v) is 6.21. The highest BCUT2D eigenvalue weighted by Gasteiger charge is 2.24. The summed E-state index contributed by atoms with van der Waals surface area (Å²) in [5.74, 6) is 0.961. The number of hydrogen-bond acceptors (Lipinski definition) is 2. The number of anilines is 1. The predicted octanol–water partition coefficient (Wildman–Crippen LogP) is 3.57. The molecule has 2 nitrogen and oxygen atoms in total. The van der Waals surface area contributed by atoms with Crippen LogP contribution >= 0.6 is 0 Å². The van der Waals surface area contributed by atoms with Gasteiger partial charge in [0.25, 0.3) is 0 Å². The second-order valence-electron chi connectivity index (χ2n) is 6.21. The molecule has 0 aromatic heterocycles. The van der Waals surface area contributed by atoms with E-state index < -0.39 is 0 Å². The minimum absolute atomic E-state index is 0.797. The zero-order valence-corrected chi connectivity index (χ0v) is 12.1. The van der Waals surface area contributed by atoms with Crippen LogP contribution in [0.1, 0.15) is 44.6 Å². The Bertz CT molecular complexity index is 390. The summed E-state index contributed by atoms with van der Waals surface area (Å²) in [6.45, 7) is 5.75. The van der Waals surface area contributed by atoms with Crippen LogP contribution < -0.4 is 10.2 Å². The van der Waals surface area contributed by atoms with E-state index in [9.17, 15) is 0 Å². The quantitative estimate of drug-likeness (QED) is 0.767. The van der Waals surface area contributed by atoms with E-state index in [1.807, 2.05) is 0 Å². The number of benzene rings is 1. The lowest BCUT2D eigenvalue weighted by Gasteiger charge is -2.24. The summed E-state index contributed by atoms with van der Waals surface area (Å²) >= 11 is 0. The van der Waals surface area contributed by atoms with Crippen molar-refractivity contribution in [2.45, 2.75) is 51.6 Å². The maximum atomic E-state index is 3.58. The van der Waals surface area contributed by atoms with Crippen molar-refractivity contribution in [3.63, 3.8) is 0 Å². The number of nitrogens with zero attached hydrogens (tertiary/aromatic N) is 1. The van der Waals surface area contributed by atoms with Crippen molar-refractivity contribution in [1.82, 2.24) is 5.32 Å². The van der Waals surface area contributed by atoms with Gasteiger partial charge in [-0.1, -0.05) is 19.1 Å². The molecule has 2 heteroatoms. The SMILES string of the molecule is CCCN(CC1CC1)c1ccc(CNC2CC2)cc1. The summed E-state index contributed by atoms with van der Waals surface area (Å²) in [5, 5.41) is 3.58. The van der Waals surface area contributed by atoms with Gasteiger partial charge in [-0.05, 0) is 55.7 Å². The average Bonchev–Trinajstić information content (AvgIpc) is 3.31. The van der Waals surface area contributed by atoms with Crippen LogP contribution in [0.2, 0.25) is 0 Å². The summed E-state index contributed by atoms with van der Waals surface area (Å²) in [6, 6.07) is 10.00. The molecule has 1 N–H and O–H groups in total. The topological polar surface area (TPSA) is 15.3 Å². The van der Waals surface area contributed by atoms with Gasteiger partial charge in [-0.15, -0.1) is 0 Å². The van der Waals surface area contributed by atoms with E-state index in [1.54, 1.807) is 0 Å². The van der Waals surface area contributed by atoms with Gasteiger partial charge in [0.2, 0.25) is 0 Å². The first-order valence-corrected chi connectivity index (χ1v) is 7.92. The number of nitrogens with one attached hydrogen (secondary N) is 1. The first-order chi connectivity index (χ1) is 9.35. The molecule has 1 aromatic rings. The molecule has 104 valence electrons. The number of hydrogen-bond donors (Lipinski definition) is 1. The zero-order chi connectivity index (χ0) is 13.1. The fraction of sp³-hybridized carbons (Fsp3) is 0.647. The first-order valence-electron chi connectivity index (χ1n) is 7.92. The minimum atomic E-state index is 0.797. The molecule has 0 radical (unpaired) electrons. The molecule has 19 heavy (non-hydrogen) atoms. The van der Waals surface area contributed by atoms with Crippen LogP contribution in [0.15, 0.2) is 24.3 Å². The maximum absolute atomic E-state index is 3.58. The molecule has 0 atom stereocenters. The third kappa shape index (κ3) is 3.97. The molecule has 0 unspecified atom stereocenters. The van der Waals surface area contributed by atoms with Crippen molar-refractivity contribution in [2.24, 2.45) is 5.92 Å². The van der Waals surface area contributed by atoms with E-state index in [-0.39, 0.29) is 0 Å². The van der Waals surface area contributed by atoms with Gasteiger partial charge in [0.05, 0.1) is 0 Å². The summed E-state index contributed by atoms with van der Waals surface area (Å²) in [4.78, 5) is 2.57. The van der Waals surface area contributed by atoms with Crippen LogP contribution in [0.4, 0.5) is 5.69 Å². The van der Waals surface area contributed by atoms with E-state index in [1.165, 1.54) is 56.4 Å². The van der Waals surface area contributed by atoms with Crippen molar-refractivity contribution >= 4 is 5.69 Å². The third-order valence-corrected chi connectivity index (χ3v) is 4.14. The van der Waals surface area contributed by atoms with Crippen molar-refractivity contribution in [2.75, 3.05) is 18.0 Å². The van der Waals surface area contributed by atoms with Gasteiger partial charge in [-0.25, -0.2) is 0 Å². The van der Waals surface area contributed by atoms with Crippen molar-refractivity contribution in [1.29, 1.82) is 0 Å². The third-order valence-electron chi connectivity index (χ3n) is 4.14. The molecule has 2 fully saturated rings. The van der Waals surface area contributed by atoms with Crippen molar-refractivity contribution < 1.29 is 0 Å². The molecule has 0 saturated heterocycles. The molecule has 0 spiro atoms. The summed E-state index contributed by atoms with van der Waals surface area (Å²) < 4.78 is 0. The van der Waals surface area contributed by atoms with Gasteiger partial charge < -0.3 is 10.2 Å². The normalized spacial score (nSPS) is 18.6. The molecule has 1 aromatic carbocycles. The average molecular weight is 258 g/mol. The fourth-order valence-corrected chi connectivity index (χ4v) is 2.58. The molecule has 2 saturated carbocycles. The minimum Gasteiger partial charge on any atom is -0.371 e. The molecule has 0 bridgehead atoms. The number of rotatable bonds is 8. The second kappa shape index (κ2) is 5.96. The molecule has 2 aliphatic rings. The molecule has 3 rings (SSSR count). The van der Waals surface area contributed by atoms with Gasteiger partial charge in [0, 0.05) is 31.4 Å². The molecule has 2 aliphatic carbocycles. The lowest BCUT2D eigenvalue weighted by Crippen LogP contribution is -2.26. The van der Waals surface area contributed by atoms with Gasteiger partial charge in [-0.2, -0.15) is 0 Å². The van der Waals surface area contributed by atoms with E-state index in [2.05, 4.69) is 41.4 Å².